The van der Waals surface area contributed by atoms with Crippen molar-refractivity contribution in [1.29, 1.82) is 0 Å². The molecule has 0 N–H and O–H groups in total. The molecule has 126 valence electrons. The fraction of sp³-hybridized carbons (Fsp3) is 0.235. The Kier molecular flexibility index (Phi) is 4.10. The predicted molar refractivity (Wildman–Crippen MR) is 96.5 cm³/mol. The Hall–Kier alpha value is -2.87. The summed E-state index contributed by atoms with van der Waals surface area (Å²) in [5.41, 5.74) is 1.01. The van der Waals surface area contributed by atoms with Crippen LogP contribution in [0.2, 0.25) is 0 Å². The number of thiophene rings is 1. The topological polar surface area (TPSA) is 78.5 Å². The summed E-state index contributed by atoms with van der Waals surface area (Å²) < 4.78 is 3.28. The minimum atomic E-state index is -0.0746. The van der Waals surface area contributed by atoms with Gasteiger partial charge in [0.1, 0.15) is 4.83 Å². The molecule has 0 saturated heterocycles. The van der Waals surface area contributed by atoms with Crippen LogP contribution in [0.25, 0.3) is 20.7 Å². The van der Waals surface area contributed by atoms with E-state index in [4.69, 9.17) is 0 Å². The van der Waals surface area contributed by atoms with Gasteiger partial charge in [0.05, 0.1) is 18.3 Å². The molecule has 1 aromatic carbocycles. The Balaban J connectivity index is 1.73. The van der Waals surface area contributed by atoms with E-state index in [9.17, 15) is 4.79 Å². The Labute approximate surface area is 147 Å². The number of fused-ring (bicyclic) bond motifs is 1. The predicted octanol–water partition coefficient (Wildman–Crippen LogP) is 2.57. The quantitative estimate of drug-likeness (QED) is 0.551. The molecular formula is C17H16N6OS. The number of aromatic nitrogens is 6. The van der Waals surface area contributed by atoms with Crippen LogP contribution in [0.1, 0.15) is 19.2 Å². The van der Waals surface area contributed by atoms with Gasteiger partial charge < -0.3 is 0 Å². The zero-order valence-corrected chi connectivity index (χ0v) is 14.5. The van der Waals surface area contributed by atoms with Gasteiger partial charge in [0, 0.05) is 11.4 Å². The molecule has 3 aromatic heterocycles. The largest absolute Gasteiger partial charge is 0.291 e. The highest BCUT2D eigenvalue weighted by Gasteiger charge is 2.13. The molecule has 4 rings (SSSR count). The van der Waals surface area contributed by atoms with Crippen molar-refractivity contribution in [2.24, 2.45) is 0 Å². The summed E-state index contributed by atoms with van der Waals surface area (Å²) >= 11 is 1.52. The zero-order valence-electron chi connectivity index (χ0n) is 13.7. The van der Waals surface area contributed by atoms with Gasteiger partial charge in [0.15, 0.2) is 5.82 Å². The summed E-state index contributed by atoms with van der Waals surface area (Å²) in [6.45, 7) is 3.09. The van der Waals surface area contributed by atoms with E-state index >= 15 is 0 Å². The molecule has 0 aliphatic carbocycles. The van der Waals surface area contributed by atoms with Gasteiger partial charge in [0.2, 0.25) is 0 Å². The monoisotopic (exact) mass is 352 g/mol. The lowest BCUT2D eigenvalue weighted by atomic mass is 10.2. The van der Waals surface area contributed by atoms with Gasteiger partial charge in [-0.15, -0.1) is 16.4 Å². The van der Waals surface area contributed by atoms with E-state index in [0.29, 0.717) is 17.8 Å². The van der Waals surface area contributed by atoms with E-state index in [0.717, 1.165) is 28.2 Å². The summed E-state index contributed by atoms with van der Waals surface area (Å²) in [6.07, 6.45) is 2.50. The maximum Gasteiger partial charge on any atom is 0.262 e. The van der Waals surface area contributed by atoms with Crippen LogP contribution in [-0.4, -0.2) is 29.8 Å². The average molecular weight is 352 g/mol. The summed E-state index contributed by atoms with van der Waals surface area (Å²) in [6, 6.07) is 11.9. The highest BCUT2D eigenvalue weighted by Crippen LogP contribution is 2.30. The van der Waals surface area contributed by atoms with E-state index in [2.05, 4.69) is 27.4 Å². The number of hydrogen-bond acceptors (Lipinski definition) is 6. The fourth-order valence-electron chi connectivity index (χ4n) is 2.69. The third-order valence-corrected chi connectivity index (χ3v) is 5.02. The molecule has 0 amide bonds. The highest BCUT2D eigenvalue weighted by atomic mass is 32.1. The van der Waals surface area contributed by atoms with Crippen molar-refractivity contribution in [3.05, 3.63) is 58.9 Å². The number of aryl methyl sites for hydroxylation is 1. The van der Waals surface area contributed by atoms with Crippen molar-refractivity contribution in [2.75, 3.05) is 0 Å². The fourth-order valence-corrected chi connectivity index (χ4v) is 3.69. The van der Waals surface area contributed by atoms with Crippen LogP contribution in [0.3, 0.4) is 0 Å². The number of benzene rings is 1. The Morgan fingerprint density at radius 1 is 1.20 bits per heavy atom. The van der Waals surface area contributed by atoms with E-state index in [1.54, 1.807) is 15.6 Å². The second-order valence-electron chi connectivity index (χ2n) is 5.69. The number of hydrogen-bond donors (Lipinski definition) is 0. The second kappa shape index (κ2) is 6.56. The first-order valence-electron chi connectivity index (χ1n) is 8.05. The van der Waals surface area contributed by atoms with Crippen molar-refractivity contribution in [3.8, 4) is 10.4 Å². The van der Waals surface area contributed by atoms with Crippen LogP contribution in [0.4, 0.5) is 0 Å². The van der Waals surface area contributed by atoms with Crippen molar-refractivity contribution in [2.45, 2.75) is 26.4 Å². The Bertz CT molecular complexity index is 1070. The van der Waals surface area contributed by atoms with Gasteiger partial charge in [-0.05, 0) is 28.5 Å². The minimum absolute atomic E-state index is 0.0746. The first-order valence-corrected chi connectivity index (χ1v) is 8.87. The normalized spacial score (nSPS) is 11.2. The van der Waals surface area contributed by atoms with Crippen LogP contribution in [-0.2, 0) is 13.1 Å². The molecule has 0 aliphatic rings. The van der Waals surface area contributed by atoms with Crippen LogP contribution >= 0.6 is 11.3 Å². The molecule has 0 fully saturated rings. The number of rotatable bonds is 5. The SMILES string of the molecule is CCCn1nnnc1Cn1cnc2sc(-c3ccccc3)cc2c1=O. The second-order valence-corrected chi connectivity index (χ2v) is 6.72. The molecule has 0 radical (unpaired) electrons. The molecule has 0 atom stereocenters. The minimum Gasteiger partial charge on any atom is -0.291 e. The van der Waals surface area contributed by atoms with Crippen molar-refractivity contribution in [1.82, 2.24) is 29.8 Å². The summed E-state index contributed by atoms with van der Waals surface area (Å²) in [7, 11) is 0. The first kappa shape index (κ1) is 15.6. The smallest absolute Gasteiger partial charge is 0.262 e. The lowest BCUT2D eigenvalue weighted by Gasteiger charge is -2.05. The van der Waals surface area contributed by atoms with Crippen molar-refractivity contribution >= 4 is 21.6 Å². The van der Waals surface area contributed by atoms with Crippen LogP contribution in [0, 0.1) is 0 Å². The van der Waals surface area contributed by atoms with Gasteiger partial charge >= 0.3 is 0 Å². The zero-order chi connectivity index (χ0) is 17.2. The van der Waals surface area contributed by atoms with Crippen LogP contribution < -0.4 is 5.56 Å². The molecule has 0 saturated carbocycles. The Morgan fingerprint density at radius 2 is 2.04 bits per heavy atom. The van der Waals surface area contributed by atoms with E-state index in [1.165, 1.54) is 11.3 Å². The lowest BCUT2D eigenvalue weighted by Crippen LogP contribution is -2.22. The third-order valence-electron chi connectivity index (χ3n) is 3.93. The lowest BCUT2D eigenvalue weighted by molar-refractivity contribution is 0.540. The number of tetrazole rings is 1. The van der Waals surface area contributed by atoms with Gasteiger partial charge in [-0.3, -0.25) is 9.36 Å². The van der Waals surface area contributed by atoms with Gasteiger partial charge in [-0.25, -0.2) is 9.67 Å². The molecule has 0 aliphatic heterocycles. The molecule has 25 heavy (non-hydrogen) atoms. The van der Waals surface area contributed by atoms with Gasteiger partial charge in [0.25, 0.3) is 5.56 Å². The number of nitrogens with zero attached hydrogens (tertiary/aromatic N) is 6. The third kappa shape index (κ3) is 2.96. The Morgan fingerprint density at radius 3 is 2.84 bits per heavy atom. The van der Waals surface area contributed by atoms with E-state index in [-0.39, 0.29) is 5.56 Å². The summed E-state index contributed by atoms with van der Waals surface area (Å²) in [5, 5.41) is 12.3. The van der Waals surface area contributed by atoms with Crippen LogP contribution in [0.15, 0.2) is 47.5 Å². The van der Waals surface area contributed by atoms with Crippen LogP contribution in [0.5, 0.6) is 0 Å². The average Bonchev–Trinajstić information content (AvgIpc) is 3.26. The standard InChI is InChI=1S/C17H16N6OS/c1-2-8-23-15(19-20-21-23)10-22-11-18-16-13(17(22)24)9-14(25-16)12-6-4-3-5-7-12/h3-7,9,11H,2,8,10H2,1H3. The van der Waals surface area contributed by atoms with Gasteiger partial charge in [-0.1, -0.05) is 37.3 Å². The van der Waals surface area contributed by atoms with Crippen molar-refractivity contribution in [3.63, 3.8) is 0 Å². The molecule has 7 nitrogen and oxygen atoms in total. The van der Waals surface area contributed by atoms with Crippen molar-refractivity contribution < 1.29 is 0 Å². The summed E-state index contributed by atoms with van der Waals surface area (Å²) in [5.74, 6) is 0.656. The van der Waals surface area contributed by atoms with Gasteiger partial charge in [-0.2, -0.15) is 0 Å². The highest BCUT2D eigenvalue weighted by molar-refractivity contribution is 7.21. The first-order chi connectivity index (χ1) is 12.3. The molecule has 0 bridgehead atoms. The molecule has 0 spiro atoms. The molecule has 0 unspecified atom stereocenters. The molecule has 4 aromatic rings. The maximum absolute atomic E-state index is 12.8. The molecule has 8 heteroatoms. The molecular weight excluding hydrogens is 336 g/mol. The molecule has 3 heterocycles. The maximum atomic E-state index is 12.8. The summed E-state index contributed by atoms with van der Waals surface area (Å²) in [4.78, 5) is 19.0. The van der Waals surface area contributed by atoms with E-state index in [1.807, 2.05) is 36.4 Å². The van der Waals surface area contributed by atoms with E-state index < -0.39 is 0 Å².